The van der Waals surface area contributed by atoms with Gasteiger partial charge in [0.25, 0.3) is 5.91 Å². The molecule has 1 aromatic heterocycles. The standard InChI is InChI=1S/C19H20ClNO3S/c20-15-3-1-13(2-4-15)16-5-6-17(25-16)18(22)21-9-7-14(8-10-21)19-23-11-12-24-19/h1-6,14,19H,7-12H2. The molecule has 2 aromatic rings. The van der Waals surface area contributed by atoms with Crippen LogP contribution in [0.4, 0.5) is 0 Å². The Morgan fingerprint density at radius 1 is 1.04 bits per heavy atom. The van der Waals surface area contributed by atoms with E-state index in [-0.39, 0.29) is 12.2 Å². The van der Waals surface area contributed by atoms with Crippen molar-refractivity contribution >= 4 is 28.8 Å². The number of halogens is 1. The lowest BCUT2D eigenvalue weighted by Crippen LogP contribution is -2.41. The zero-order chi connectivity index (χ0) is 17.2. The van der Waals surface area contributed by atoms with Gasteiger partial charge in [0.1, 0.15) is 0 Å². The summed E-state index contributed by atoms with van der Waals surface area (Å²) < 4.78 is 11.2. The van der Waals surface area contributed by atoms with E-state index in [2.05, 4.69) is 0 Å². The summed E-state index contributed by atoms with van der Waals surface area (Å²) in [5, 5.41) is 0.717. The predicted octanol–water partition coefficient (Wildman–Crippen LogP) is 4.29. The van der Waals surface area contributed by atoms with Gasteiger partial charge in [0, 0.05) is 28.9 Å². The molecule has 2 fully saturated rings. The van der Waals surface area contributed by atoms with Crippen LogP contribution in [0.3, 0.4) is 0 Å². The number of carbonyl (C=O) groups is 1. The van der Waals surface area contributed by atoms with Crippen LogP contribution in [0.2, 0.25) is 5.02 Å². The van der Waals surface area contributed by atoms with Crippen molar-refractivity contribution in [2.45, 2.75) is 19.1 Å². The molecule has 2 saturated heterocycles. The second kappa shape index (κ2) is 7.46. The van der Waals surface area contributed by atoms with Gasteiger partial charge in [-0.2, -0.15) is 0 Å². The Bertz CT molecular complexity index is 731. The zero-order valence-corrected chi connectivity index (χ0v) is 15.4. The lowest BCUT2D eigenvalue weighted by atomic mass is 9.96. The summed E-state index contributed by atoms with van der Waals surface area (Å²) in [7, 11) is 0. The van der Waals surface area contributed by atoms with E-state index in [0.29, 0.717) is 19.1 Å². The topological polar surface area (TPSA) is 38.8 Å². The molecule has 0 radical (unpaired) electrons. The number of thiophene rings is 1. The molecule has 0 N–H and O–H groups in total. The van der Waals surface area contributed by atoms with Crippen LogP contribution < -0.4 is 0 Å². The fraction of sp³-hybridized carbons (Fsp3) is 0.421. The quantitative estimate of drug-likeness (QED) is 0.800. The molecule has 4 nitrogen and oxygen atoms in total. The van der Waals surface area contributed by atoms with Crippen molar-refractivity contribution in [3.63, 3.8) is 0 Å². The van der Waals surface area contributed by atoms with Gasteiger partial charge in [-0.25, -0.2) is 0 Å². The minimum atomic E-state index is -0.0736. The van der Waals surface area contributed by atoms with Crippen molar-refractivity contribution in [2.24, 2.45) is 5.92 Å². The predicted molar refractivity (Wildman–Crippen MR) is 99.1 cm³/mol. The fourth-order valence-electron chi connectivity index (χ4n) is 3.40. The first-order chi connectivity index (χ1) is 12.2. The van der Waals surface area contributed by atoms with E-state index in [1.165, 1.54) is 11.3 Å². The maximum Gasteiger partial charge on any atom is 0.263 e. The number of benzene rings is 1. The number of piperidine rings is 1. The average Bonchev–Trinajstić information content (AvgIpc) is 3.34. The summed E-state index contributed by atoms with van der Waals surface area (Å²) in [5.41, 5.74) is 1.09. The molecule has 25 heavy (non-hydrogen) atoms. The fourth-order valence-corrected chi connectivity index (χ4v) is 4.51. The van der Waals surface area contributed by atoms with Crippen LogP contribution in [-0.2, 0) is 9.47 Å². The molecule has 0 unspecified atom stereocenters. The molecule has 2 aliphatic heterocycles. The van der Waals surface area contributed by atoms with Crippen LogP contribution >= 0.6 is 22.9 Å². The third-order valence-corrected chi connectivity index (χ3v) is 6.18. The Morgan fingerprint density at radius 2 is 1.72 bits per heavy atom. The van der Waals surface area contributed by atoms with Crippen LogP contribution in [0.5, 0.6) is 0 Å². The molecule has 0 bridgehead atoms. The second-order valence-corrected chi connectivity index (χ2v) is 7.93. The van der Waals surface area contributed by atoms with Crippen molar-refractivity contribution in [1.29, 1.82) is 0 Å². The summed E-state index contributed by atoms with van der Waals surface area (Å²) in [5.74, 6) is 0.524. The van der Waals surface area contributed by atoms with E-state index >= 15 is 0 Å². The number of rotatable bonds is 3. The first-order valence-electron chi connectivity index (χ1n) is 8.59. The second-order valence-electron chi connectivity index (χ2n) is 6.41. The molecule has 0 spiro atoms. The smallest absolute Gasteiger partial charge is 0.263 e. The van der Waals surface area contributed by atoms with Gasteiger partial charge in [-0.05, 0) is 42.7 Å². The molecule has 0 aliphatic carbocycles. The van der Waals surface area contributed by atoms with Gasteiger partial charge in [0.15, 0.2) is 6.29 Å². The molecule has 3 heterocycles. The van der Waals surface area contributed by atoms with E-state index in [0.717, 1.165) is 46.3 Å². The van der Waals surface area contributed by atoms with Gasteiger partial charge >= 0.3 is 0 Å². The highest BCUT2D eigenvalue weighted by atomic mass is 35.5. The number of amides is 1. The molecule has 132 valence electrons. The largest absolute Gasteiger partial charge is 0.350 e. The van der Waals surface area contributed by atoms with Gasteiger partial charge in [0.2, 0.25) is 0 Å². The van der Waals surface area contributed by atoms with Crippen LogP contribution in [0.1, 0.15) is 22.5 Å². The molecular formula is C19H20ClNO3S. The molecular weight excluding hydrogens is 358 g/mol. The maximum absolute atomic E-state index is 12.8. The molecule has 1 aromatic carbocycles. The van der Waals surface area contributed by atoms with Crippen molar-refractivity contribution in [2.75, 3.05) is 26.3 Å². The van der Waals surface area contributed by atoms with Crippen molar-refractivity contribution in [1.82, 2.24) is 4.90 Å². The molecule has 4 rings (SSSR count). The highest BCUT2D eigenvalue weighted by molar-refractivity contribution is 7.17. The van der Waals surface area contributed by atoms with Gasteiger partial charge in [-0.15, -0.1) is 11.3 Å². The Labute approximate surface area is 156 Å². The Morgan fingerprint density at radius 3 is 2.40 bits per heavy atom. The van der Waals surface area contributed by atoms with E-state index in [1.807, 2.05) is 41.3 Å². The minimum absolute atomic E-state index is 0.0736. The van der Waals surface area contributed by atoms with Gasteiger partial charge in [-0.3, -0.25) is 4.79 Å². The first-order valence-corrected chi connectivity index (χ1v) is 9.78. The third kappa shape index (κ3) is 3.75. The molecule has 0 atom stereocenters. The summed E-state index contributed by atoms with van der Waals surface area (Å²) in [6, 6.07) is 11.6. The summed E-state index contributed by atoms with van der Waals surface area (Å²) in [6.45, 7) is 2.90. The molecule has 2 aliphatic rings. The maximum atomic E-state index is 12.8. The van der Waals surface area contributed by atoms with Crippen LogP contribution in [0.15, 0.2) is 36.4 Å². The SMILES string of the molecule is O=C(c1ccc(-c2ccc(Cl)cc2)s1)N1CCC(C2OCCO2)CC1. The van der Waals surface area contributed by atoms with E-state index < -0.39 is 0 Å². The molecule has 0 saturated carbocycles. The Hall–Kier alpha value is -1.40. The van der Waals surface area contributed by atoms with Gasteiger partial charge < -0.3 is 14.4 Å². The third-order valence-electron chi connectivity index (χ3n) is 4.80. The monoisotopic (exact) mass is 377 g/mol. The minimum Gasteiger partial charge on any atom is -0.350 e. The first kappa shape index (κ1) is 17.0. The van der Waals surface area contributed by atoms with Gasteiger partial charge in [0.05, 0.1) is 18.1 Å². The number of hydrogen-bond acceptors (Lipinski definition) is 4. The highest BCUT2D eigenvalue weighted by Crippen LogP contribution is 2.31. The van der Waals surface area contributed by atoms with Crippen molar-refractivity contribution < 1.29 is 14.3 Å². The lowest BCUT2D eigenvalue weighted by Gasteiger charge is -2.33. The summed E-state index contributed by atoms with van der Waals surface area (Å²) in [4.78, 5) is 16.6. The van der Waals surface area contributed by atoms with E-state index in [9.17, 15) is 4.79 Å². The number of nitrogens with zero attached hydrogens (tertiary/aromatic N) is 1. The zero-order valence-electron chi connectivity index (χ0n) is 13.8. The van der Waals surface area contributed by atoms with E-state index in [4.69, 9.17) is 21.1 Å². The molecule has 6 heteroatoms. The highest BCUT2D eigenvalue weighted by Gasteiger charge is 2.32. The van der Waals surface area contributed by atoms with Crippen molar-refractivity contribution in [3.8, 4) is 10.4 Å². The average molecular weight is 378 g/mol. The summed E-state index contributed by atoms with van der Waals surface area (Å²) >= 11 is 7.48. The Kier molecular flexibility index (Phi) is 5.08. The van der Waals surface area contributed by atoms with Crippen LogP contribution in [0.25, 0.3) is 10.4 Å². The van der Waals surface area contributed by atoms with Gasteiger partial charge in [-0.1, -0.05) is 23.7 Å². The number of likely N-dealkylation sites (tertiary alicyclic amines) is 1. The number of hydrogen-bond donors (Lipinski definition) is 0. The van der Waals surface area contributed by atoms with Crippen LogP contribution in [-0.4, -0.2) is 43.4 Å². The van der Waals surface area contributed by atoms with Crippen molar-refractivity contribution in [3.05, 3.63) is 46.3 Å². The number of ether oxygens (including phenoxy) is 2. The normalized spacial score (nSPS) is 19.5. The summed E-state index contributed by atoms with van der Waals surface area (Å²) in [6.07, 6.45) is 1.80. The van der Waals surface area contributed by atoms with E-state index in [1.54, 1.807) is 0 Å². The molecule has 1 amide bonds. The lowest BCUT2D eigenvalue weighted by molar-refractivity contribution is -0.0955. The van der Waals surface area contributed by atoms with Crippen LogP contribution in [0, 0.1) is 5.92 Å². The Balaban J connectivity index is 1.39. The number of carbonyl (C=O) groups excluding carboxylic acids is 1.